The molecule has 0 bridgehead atoms. The average molecular weight is 284 g/mol. The fourth-order valence-corrected chi connectivity index (χ4v) is 3.14. The zero-order chi connectivity index (χ0) is 15.5. The number of nitrogens with one attached hydrogen (secondary N) is 1. The summed E-state index contributed by atoms with van der Waals surface area (Å²) in [6.07, 6.45) is 2.73. The molecular weight excluding hydrogens is 256 g/mol. The first kappa shape index (κ1) is 17.0. The van der Waals surface area contributed by atoms with E-state index >= 15 is 0 Å². The molecule has 20 heavy (non-hydrogen) atoms. The number of nitrogens with two attached hydrogens (primary N) is 1. The first-order chi connectivity index (χ1) is 9.21. The van der Waals surface area contributed by atoms with E-state index in [1.54, 1.807) is 0 Å². The summed E-state index contributed by atoms with van der Waals surface area (Å²) in [4.78, 5) is 23.6. The lowest BCUT2D eigenvalue weighted by molar-refractivity contribution is -0.144. The highest BCUT2D eigenvalue weighted by atomic mass is 16.4. The highest BCUT2D eigenvalue weighted by molar-refractivity contribution is 5.85. The van der Waals surface area contributed by atoms with Crippen LogP contribution in [0.1, 0.15) is 53.4 Å². The molecule has 0 aromatic heterocycles. The van der Waals surface area contributed by atoms with Crippen molar-refractivity contribution in [3.63, 3.8) is 0 Å². The summed E-state index contributed by atoms with van der Waals surface area (Å²) in [5.74, 6) is -1.04. The van der Waals surface area contributed by atoms with Crippen LogP contribution in [0.15, 0.2) is 0 Å². The van der Waals surface area contributed by atoms with Gasteiger partial charge in [0.25, 0.3) is 0 Å². The van der Waals surface area contributed by atoms with E-state index in [-0.39, 0.29) is 29.2 Å². The molecule has 3 unspecified atom stereocenters. The second-order valence-electron chi connectivity index (χ2n) is 6.59. The third-order valence-electron chi connectivity index (χ3n) is 5.01. The summed E-state index contributed by atoms with van der Waals surface area (Å²) in [5, 5.41) is 11.8. The van der Waals surface area contributed by atoms with Crippen molar-refractivity contribution < 1.29 is 14.7 Å². The molecule has 0 heterocycles. The van der Waals surface area contributed by atoms with Crippen LogP contribution in [0.2, 0.25) is 0 Å². The number of carbonyl (C=O) groups is 2. The lowest BCUT2D eigenvalue weighted by atomic mass is 9.61. The molecule has 4 atom stereocenters. The quantitative estimate of drug-likeness (QED) is 0.717. The number of carboxylic acids is 1. The summed E-state index contributed by atoms with van der Waals surface area (Å²) in [5.41, 5.74) is 5.88. The number of rotatable bonds is 5. The van der Waals surface area contributed by atoms with Crippen LogP contribution in [0.4, 0.5) is 0 Å². The molecule has 1 aliphatic carbocycles. The Morgan fingerprint density at radius 1 is 1.40 bits per heavy atom. The van der Waals surface area contributed by atoms with Crippen molar-refractivity contribution >= 4 is 11.9 Å². The molecule has 0 radical (unpaired) electrons. The van der Waals surface area contributed by atoms with E-state index in [2.05, 4.69) is 26.1 Å². The predicted molar refractivity (Wildman–Crippen MR) is 78.1 cm³/mol. The zero-order valence-corrected chi connectivity index (χ0v) is 13.0. The Hall–Kier alpha value is -1.10. The molecule has 116 valence electrons. The summed E-state index contributed by atoms with van der Waals surface area (Å²) in [6.45, 7) is 8.09. The van der Waals surface area contributed by atoms with E-state index in [9.17, 15) is 9.59 Å². The average Bonchev–Trinajstić information content (AvgIpc) is 2.35. The van der Waals surface area contributed by atoms with Gasteiger partial charge in [0.15, 0.2) is 0 Å². The normalized spacial score (nSPS) is 30.6. The van der Waals surface area contributed by atoms with Crippen LogP contribution in [0.25, 0.3) is 0 Å². The number of aliphatic carboxylic acids is 1. The Morgan fingerprint density at radius 3 is 2.50 bits per heavy atom. The minimum absolute atomic E-state index is 0.111. The molecule has 1 fully saturated rings. The number of carboxylic acid groups (broad SMARTS) is 1. The van der Waals surface area contributed by atoms with Gasteiger partial charge in [-0.15, -0.1) is 0 Å². The maximum atomic E-state index is 12.4. The van der Waals surface area contributed by atoms with Gasteiger partial charge in [0, 0.05) is 12.0 Å². The Morgan fingerprint density at radius 2 is 2.00 bits per heavy atom. The lowest BCUT2D eigenvalue weighted by Crippen LogP contribution is -2.53. The number of hydrogen-bond donors (Lipinski definition) is 3. The van der Waals surface area contributed by atoms with Crippen molar-refractivity contribution in [3.05, 3.63) is 0 Å². The molecular formula is C15H28N2O3. The standard InChI is InChI=1S/C15H28N2O3/c1-5-6-12(14(19)20)17-13(18)10-7-8-11(16)9(2)15(10,3)4/h9-12H,5-8,16H2,1-4H3,(H,17,18)(H,19,20)/t9?,10?,11?,12-/m0/s1. The number of carbonyl (C=O) groups excluding carboxylic acids is 1. The van der Waals surface area contributed by atoms with Crippen LogP contribution in [0, 0.1) is 17.3 Å². The van der Waals surface area contributed by atoms with E-state index in [4.69, 9.17) is 10.8 Å². The third kappa shape index (κ3) is 3.51. The van der Waals surface area contributed by atoms with Gasteiger partial charge in [-0.3, -0.25) is 4.79 Å². The largest absolute Gasteiger partial charge is 0.480 e. The molecule has 4 N–H and O–H groups in total. The van der Waals surface area contributed by atoms with Crippen LogP contribution >= 0.6 is 0 Å². The zero-order valence-electron chi connectivity index (χ0n) is 13.0. The van der Waals surface area contributed by atoms with Gasteiger partial charge in [-0.1, -0.05) is 34.1 Å². The summed E-state index contributed by atoms with van der Waals surface area (Å²) >= 11 is 0. The Labute approximate surface area is 121 Å². The molecule has 0 saturated heterocycles. The summed E-state index contributed by atoms with van der Waals surface area (Å²) in [7, 11) is 0. The van der Waals surface area contributed by atoms with Crippen molar-refractivity contribution in [1.82, 2.24) is 5.32 Å². The highest BCUT2D eigenvalue weighted by Crippen LogP contribution is 2.44. The molecule has 5 heteroatoms. The van der Waals surface area contributed by atoms with Crippen LogP contribution in [0.3, 0.4) is 0 Å². The van der Waals surface area contributed by atoms with Crippen molar-refractivity contribution in [2.45, 2.75) is 65.5 Å². The van der Waals surface area contributed by atoms with Gasteiger partial charge in [-0.05, 0) is 30.6 Å². The smallest absolute Gasteiger partial charge is 0.326 e. The van der Waals surface area contributed by atoms with E-state index in [1.165, 1.54) is 0 Å². The van der Waals surface area contributed by atoms with E-state index in [1.807, 2.05) is 6.92 Å². The van der Waals surface area contributed by atoms with Crippen molar-refractivity contribution in [2.24, 2.45) is 23.0 Å². The molecule has 0 aliphatic heterocycles. The Bertz CT molecular complexity index is 368. The van der Waals surface area contributed by atoms with E-state index in [0.29, 0.717) is 6.42 Å². The second kappa shape index (κ2) is 6.57. The molecule has 1 aliphatic rings. The van der Waals surface area contributed by atoms with Crippen molar-refractivity contribution in [2.75, 3.05) is 0 Å². The maximum absolute atomic E-state index is 12.4. The van der Waals surface area contributed by atoms with Crippen LogP contribution in [0.5, 0.6) is 0 Å². The molecule has 1 rings (SSSR count). The second-order valence-corrected chi connectivity index (χ2v) is 6.59. The third-order valence-corrected chi connectivity index (χ3v) is 5.01. The molecule has 5 nitrogen and oxygen atoms in total. The van der Waals surface area contributed by atoms with Gasteiger partial charge >= 0.3 is 5.97 Å². The van der Waals surface area contributed by atoms with Crippen LogP contribution in [-0.2, 0) is 9.59 Å². The highest BCUT2D eigenvalue weighted by Gasteiger charge is 2.45. The fourth-order valence-electron chi connectivity index (χ4n) is 3.14. The van der Waals surface area contributed by atoms with Crippen LogP contribution in [-0.4, -0.2) is 29.1 Å². The van der Waals surface area contributed by atoms with Gasteiger partial charge in [0.2, 0.25) is 5.91 Å². The predicted octanol–water partition coefficient (Wildman–Crippen LogP) is 1.76. The first-order valence-corrected chi connectivity index (χ1v) is 7.50. The fraction of sp³-hybridized carbons (Fsp3) is 0.867. The molecule has 0 aromatic rings. The van der Waals surface area contributed by atoms with E-state index < -0.39 is 12.0 Å². The Balaban J connectivity index is 2.78. The minimum atomic E-state index is -0.960. The van der Waals surface area contributed by atoms with E-state index in [0.717, 1.165) is 19.3 Å². The molecule has 1 saturated carbocycles. The number of hydrogen-bond acceptors (Lipinski definition) is 3. The summed E-state index contributed by atoms with van der Waals surface area (Å²) in [6, 6.07) is -0.672. The lowest BCUT2D eigenvalue weighted by Gasteiger charge is -2.46. The monoisotopic (exact) mass is 284 g/mol. The first-order valence-electron chi connectivity index (χ1n) is 7.50. The molecule has 0 aromatic carbocycles. The SMILES string of the molecule is CCC[C@H](NC(=O)C1CCC(N)C(C)C1(C)C)C(=O)O. The van der Waals surface area contributed by atoms with Crippen molar-refractivity contribution in [1.29, 1.82) is 0 Å². The van der Waals surface area contributed by atoms with Gasteiger partial charge in [0.1, 0.15) is 6.04 Å². The molecule has 1 amide bonds. The minimum Gasteiger partial charge on any atom is -0.480 e. The van der Waals surface area contributed by atoms with Gasteiger partial charge < -0.3 is 16.2 Å². The van der Waals surface area contributed by atoms with Crippen molar-refractivity contribution in [3.8, 4) is 0 Å². The van der Waals surface area contributed by atoms with Gasteiger partial charge in [-0.25, -0.2) is 4.79 Å². The Kier molecular flexibility index (Phi) is 5.57. The van der Waals surface area contributed by atoms with Gasteiger partial charge in [-0.2, -0.15) is 0 Å². The maximum Gasteiger partial charge on any atom is 0.326 e. The van der Waals surface area contributed by atoms with Gasteiger partial charge in [0.05, 0.1) is 0 Å². The topological polar surface area (TPSA) is 92.4 Å². The summed E-state index contributed by atoms with van der Waals surface area (Å²) < 4.78 is 0. The number of amides is 1. The van der Waals surface area contributed by atoms with Crippen LogP contribution < -0.4 is 11.1 Å². The molecule has 0 spiro atoms.